The molecule has 22 heavy (non-hydrogen) atoms. The molecule has 1 fully saturated rings. The lowest BCUT2D eigenvalue weighted by Crippen LogP contribution is -2.18. The van der Waals surface area contributed by atoms with Crippen molar-refractivity contribution in [1.82, 2.24) is 5.01 Å². The largest absolute Gasteiger partial charge is 0.460 e. The van der Waals surface area contributed by atoms with Crippen LogP contribution in [-0.4, -0.2) is 36.5 Å². The third-order valence-corrected chi connectivity index (χ3v) is 3.95. The average molecular weight is 415 g/mol. The molecule has 0 bridgehead atoms. The summed E-state index contributed by atoms with van der Waals surface area (Å²) in [6, 6.07) is 3.55. The number of aryl methyl sites for hydroxylation is 1. The number of ether oxygens (including phenoxy) is 1. The maximum Gasteiger partial charge on any atom is 0.379 e. The molecule has 0 spiro atoms. The Kier molecular flexibility index (Phi) is 5.87. The SMILES string of the molecule is CCOC(=O)C(=O)c1cc(I)cc(C)c1N=NN1CCCC1. The Morgan fingerprint density at radius 1 is 1.32 bits per heavy atom. The lowest BCUT2D eigenvalue weighted by Gasteiger charge is -2.10. The number of carbonyl (C=O) groups excluding carboxylic acids is 2. The van der Waals surface area contributed by atoms with Crippen LogP contribution in [0.5, 0.6) is 0 Å². The normalized spacial score (nSPS) is 14.6. The molecule has 1 aromatic rings. The molecule has 0 aromatic heterocycles. The molecule has 2 rings (SSSR count). The van der Waals surface area contributed by atoms with E-state index in [1.165, 1.54) is 0 Å². The van der Waals surface area contributed by atoms with Gasteiger partial charge in [-0.25, -0.2) is 4.79 Å². The Hall–Kier alpha value is -1.51. The molecule has 6 nitrogen and oxygen atoms in total. The molecule has 1 saturated heterocycles. The highest BCUT2D eigenvalue weighted by atomic mass is 127. The van der Waals surface area contributed by atoms with Gasteiger partial charge < -0.3 is 4.74 Å². The van der Waals surface area contributed by atoms with Crippen LogP contribution in [0.2, 0.25) is 0 Å². The smallest absolute Gasteiger partial charge is 0.379 e. The first-order valence-corrected chi connectivity index (χ1v) is 8.29. The Morgan fingerprint density at radius 2 is 2.00 bits per heavy atom. The molecule has 0 atom stereocenters. The minimum atomic E-state index is -0.860. The highest BCUT2D eigenvalue weighted by Crippen LogP contribution is 2.28. The van der Waals surface area contributed by atoms with Crippen LogP contribution in [0.1, 0.15) is 35.7 Å². The number of hydrogen-bond donors (Lipinski definition) is 0. The molecule has 1 aliphatic rings. The molecule has 1 heterocycles. The summed E-state index contributed by atoms with van der Waals surface area (Å²) >= 11 is 2.11. The molecule has 1 aliphatic heterocycles. The highest BCUT2D eigenvalue weighted by Gasteiger charge is 2.23. The van der Waals surface area contributed by atoms with Crippen LogP contribution in [0.25, 0.3) is 0 Å². The van der Waals surface area contributed by atoms with Crippen molar-refractivity contribution in [3.63, 3.8) is 0 Å². The summed E-state index contributed by atoms with van der Waals surface area (Å²) in [5.41, 5.74) is 1.48. The zero-order valence-corrected chi connectivity index (χ0v) is 14.8. The number of halogens is 1. The van der Waals surface area contributed by atoms with Crippen LogP contribution < -0.4 is 0 Å². The number of carbonyl (C=O) groups is 2. The van der Waals surface area contributed by atoms with Crippen molar-refractivity contribution in [3.05, 3.63) is 26.8 Å². The predicted octanol–water partition coefficient (Wildman–Crippen LogP) is 3.44. The van der Waals surface area contributed by atoms with Gasteiger partial charge in [-0.05, 0) is 67.0 Å². The van der Waals surface area contributed by atoms with E-state index < -0.39 is 11.8 Å². The topological polar surface area (TPSA) is 71.3 Å². The lowest BCUT2D eigenvalue weighted by molar-refractivity contribution is -0.137. The van der Waals surface area contributed by atoms with Crippen molar-refractivity contribution in [2.45, 2.75) is 26.7 Å². The van der Waals surface area contributed by atoms with E-state index in [9.17, 15) is 9.59 Å². The van der Waals surface area contributed by atoms with Gasteiger partial charge in [0.1, 0.15) is 5.69 Å². The Bertz CT molecular complexity index is 610. The van der Waals surface area contributed by atoms with Crippen LogP contribution >= 0.6 is 22.6 Å². The average Bonchev–Trinajstić information content (AvgIpc) is 2.98. The van der Waals surface area contributed by atoms with E-state index in [0.717, 1.165) is 35.1 Å². The van der Waals surface area contributed by atoms with E-state index in [4.69, 9.17) is 4.74 Å². The quantitative estimate of drug-likeness (QED) is 0.243. The third-order valence-electron chi connectivity index (χ3n) is 3.32. The Morgan fingerprint density at radius 3 is 2.64 bits per heavy atom. The Balaban J connectivity index is 2.34. The number of nitrogens with zero attached hydrogens (tertiary/aromatic N) is 3. The van der Waals surface area contributed by atoms with Crippen molar-refractivity contribution in [1.29, 1.82) is 0 Å². The van der Waals surface area contributed by atoms with Crippen molar-refractivity contribution in [2.24, 2.45) is 10.3 Å². The number of esters is 1. The fourth-order valence-electron chi connectivity index (χ4n) is 2.25. The zero-order chi connectivity index (χ0) is 16.1. The third kappa shape index (κ3) is 4.02. The van der Waals surface area contributed by atoms with E-state index in [2.05, 4.69) is 32.9 Å². The monoisotopic (exact) mass is 415 g/mol. The van der Waals surface area contributed by atoms with E-state index in [-0.39, 0.29) is 12.2 Å². The maximum atomic E-state index is 12.3. The van der Waals surface area contributed by atoms with E-state index >= 15 is 0 Å². The minimum absolute atomic E-state index is 0.165. The van der Waals surface area contributed by atoms with Gasteiger partial charge >= 0.3 is 5.97 Å². The summed E-state index contributed by atoms with van der Waals surface area (Å²) in [4.78, 5) is 24.0. The molecular formula is C15H18IN3O3. The van der Waals surface area contributed by atoms with Gasteiger partial charge in [0, 0.05) is 16.7 Å². The molecule has 0 N–H and O–H groups in total. The predicted molar refractivity (Wildman–Crippen MR) is 90.2 cm³/mol. The molecule has 0 amide bonds. The molecule has 0 unspecified atom stereocenters. The number of Topliss-reactive ketones (excluding diaryl/α,β-unsaturated/α-hetero) is 1. The Labute approximate surface area is 143 Å². The number of hydrogen-bond acceptors (Lipinski definition) is 5. The van der Waals surface area contributed by atoms with Gasteiger partial charge in [-0.2, -0.15) is 0 Å². The lowest BCUT2D eigenvalue weighted by atomic mass is 10.0. The van der Waals surface area contributed by atoms with Crippen LogP contribution in [0.15, 0.2) is 22.5 Å². The summed E-state index contributed by atoms with van der Waals surface area (Å²) in [7, 11) is 0. The summed E-state index contributed by atoms with van der Waals surface area (Å²) in [5.74, 6) is -1.54. The number of benzene rings is 1. The second-order valence-electron chi connectivity index (χ2n) is 5.02. The van der Waals surface area contributed by atoms with E-state index in [1.807, 2.05) is 18.0 Å². The van der Waals surface area contributed by atoms with Crippen molar-refractivity contribution in [3.8, 4) is 0 Å². The number of ketones is 1. The molecule has 0 saturated carbocycles. The van der Waals surface area contributed by atoms with Gasteiger partial charge in [-0.1, -0.05) is 5.22 Å². The molecule has 1 aromatic carbocycles. The van der Waals surface area contributed by atoms with Crippen LogP contribution in [0, 0.1) is 10.5 Å². The van der Waals surface area contributed by atoms with Crippen molar-refractivity contribution in [2.75, 3.05) is 19.7 Å². The van der Waals surface area contributed by atoms with E-state index in [0.29, 0.717) is 5.69 Å². The van der Waals surface area contributed by atoms with Gasteiger partial charge in [0.2, 0.25) is 0 Å². The molecule has 0 aliphatic carbocycles. The standard InChI is InChI=1S/C15H18IN3O3/c1-3-22-15(21)14(20)12-9-11(16)8-10(2)13(12)17-18-19-6-4-5-7-19/h8-9H,3-7H2,1-2H3. The summed E-state index contributed by atoms with van der Waals surface area (Å²) < 4.78 is 5.66. The van der Waals surface area contributed by atoms with Crippen molar-refractivity contribution >= 4 is 40.0 Å². The second kappa shape index (κ2) is 7.66. The van der Waals surface area contributed by atoms with Crippen LogP contribution in [0.4, 0.5) is 5.69 Å². The van der Waals surface area contributed by atoms with Gasteiger partial charge in [-0.15, -0.1) is 5.11 Å². The minimum Gasteiger partial charge on any atom is -0.460 e. The summed E-state index contributed by atoms with van der Waals surface area (Å²) in [6.45, 7) is 5.42. The first-order chi connectivity index (χ1) is 10.5. The van der Waals surface area contributed by atoms with Crippen molar-refractivity contribution < 1.29 is 14.3 Å². The fraction of sp³-hybridized carbons (Fsp3) is 0.467. The van der Waals surface area contributed by atoms with Gasteiger partial charge in [0.15, 0.2) is 0 Å². The second-order valence-corrected chi connectivity index (χ2v) is 6.26. The number of rotatable bonds is 5. The molecular weight excluding hydrogens is 397 g/mol. The molecule has 7 heteroatoms. The molecule has 0 radical (unpaired) electrons. The van der Waals surface area contributed by atoms with E-state index in [1.54, 1.807) is 13.0 Å². The van der Waals surface area contributed by atoms with Crippen LogP contribution in [-0.2, 0) is 9.53 Å². The zero-order valence-electron chi connectivity index (χ0n) is 12.6. The fourth-order valence-corrected chi connectivity index (χ4v) is 3.02. The van der Waals surface area contributed by atoms with Crippen LogP contribution in [0.3, 0.4) is 0 Å². The van der Waals surface area contributed by atoms with Gasteiger partial charge in [0.25, 0.3) is 5.78 Å². The van der Waals surface area contributed by atoms with Gasteiger partial charge in [-0.3, -0.25) is 9.80 Å². The van der Waals surface area contributed by atoms with Gasteiger partial charge in [0.05, 0.1) is 12.2 Å². The summed E-state index contributed by atoms with van der Waals surface area (Å²) in [6.07, 6.45) is 2.19. The maximum absolute atomic E-state index is 12.3. The first kappa shape index (κ1) is 16.9. The molecule has 118 valence electrons. The highest BCUT2D eigenvalue weighted by molar-refractivity contribution is 14.1. The first-order valence-electron chi connectivity index (χ1n) is 7.21. The summed E-state index contributed by atoms with van der Waals surface area (Å²) in [5, 5.41) is 10.3.